The van der Waals surface area contributed by atoms with Crippen LogP contribution in [-0.4, -0.2) is 31.5 Å². The van der Waals surface area contributed by atoms with Crippen LogP contribution in [0.3, 0.4) is 0 Å². The molecular formula is C20H22BrN3O2S. The second kappa shape index (κ2) is 8.87. The molecule has 2 aromatic rings. The topological polar surface area (TPSA) is 65.4 Å². The van der Waals surface area contributed by atoms with E-state index in [0.29, 0.717) is 17.1 Å². The van der Waals surface area contributed by atoms with Gasteiger partial charge in [-0.2, -0.15) is 5.26 Å². The van der Waals surface area contributed by atoms with Crippen LogP contribution in [0.15, 0.2) is 22.7 Å². The smallest absolute Gasteiger partial charge is 0.239 e. The van der Waals surface area contributed by atoms with E-state index in [1.807, 2.05) is 30.1 Å². The van der Waals surface area contributed by atoms with Gasteiger partial charge in [-0.3, -0.25) is 9.69 Å². The number of nitrogens with one attached hydrogen (secondary N) is 1. The molecule has 1 amide bonds. The monoisotopic (exact) mass is 447 g/mol. The van der Waals surface area contributed by atoms with Crippen molar-refractivity contribution in [1.29, 1.82) is 5.26 Å². The Morgan fingerprint density at radius 3 is 2.93 bits per heavy atom. The summed E-state index contributed by atoms with van der Waals surface area (Å²) in [5.41, 5.74) is 2.79. The van der Waals surface area contributed by atoms with E-state index in [2.05, 4.69) is 27.3 Å². The molecule has 5 nitrogen and oxygen atoms in total. The fourth-order valence-corrected chi connectivity index (χ4v) is 5.07. The van der Waals surface area contributed by atoms with Crippen molar-refractivity contribution >= 4 is 38.2 Å². The normalized spacial score (nSPS) is 13.1. The maximum absolute atomic E-state index is 12.5. The number of carbonyl (C=O) groups is 1. The van der Waals surface area contributed by atoms with Crippen molar-refractivity contribution in [1.82, 2.24) is 4.90 Å². The molecule has 0 spiro atoms. The zero-order valence-corrected chi connectivity index (χ0v) is 17.9. The van der Waals surface area contributed by atoms with Crippen molar-refractivity contribution in [3.05, 3.63) is 44.2 Å². The van der Waals surface area contributed by atoms with Crippen LogP contribution in [-0.2, 0) is 24.2 Å². The molecule has 0 saturated heterocycles. The Labute approximate surface area is 172 Å². The standard InChI is InChI=1S/C20H22BrN3O2S/c1-24(11-13-9-14(21)7-8-17(13)26-2)12-19(25)23-20-16(10-22)15-5-3-4-6-18(15)27-20/h7-9H,3-6,11-12H2,1-2H3,(H,23,25). The van der Waals surface area contributed by atoms with E-state index < -0.39 is 0 Å². The molecule has 1 aromatic carbocycles. The number of halogens is 1. The van der Waals surface area contributed by atoms with E-state index in [0.717, 1.165) is 47.0 Å². The number of hydrogen-bond acceptors (Lipinski definition) is 5. The number of nitrogens with zero attached hydrogens (tertiary/aromatic N) is 2. The number of nitriles is 1. The fraction of sp³-hybridized carbons (Fsp3) is 0.400. The van der Waals surface area contributed by atoms with Crippen LogP contribution >= 0.6 is 27.3 Å². The lowest BCUT2D eigenvalue weighted by Gasteiger charge is -2.18. The van der Waals surface area contributed by atoms with Gasteiger partial charge >= 0.3 is 0 Å². The average Bonchev–Trinajstić information content (AvgIpc) is 2.98. The maximum atomic E-state index is 12.5. The van der Waals surface area contributed by atoms with Gasteiger partial charge in [0.05, 0.1) is 19.2 Å². The molecule has 0 unspecified atom stereocenters. The lowest BCUT2D eigenvalue weighted by Crippen LogP contribution is -2.30. The number of likely N-dealkylation sites (N-methyl/N-ethyl adjacent to an activating group) is 1. The van der Waals surface area contributed by atoms with Gasteiger partial charge in [-0.1, -0.05) is 15.9 Å². The van der Waals surface area contributed by atoms with E-state index >= 15 is 0 Å². The van der Waals surface area contributed by atoms with Crippen LogP contribution in [0.5, 0.6) is 5.75 Å². The quantitative estimate of drug-likeness (QED) is 0.714. The van der Waals surface area contributed by atoms with E-state index in [9.17, 15) is 10.1 Å². The average molecular weight is 448 g/mol. The van der Waals surface area contributed by atoms with Crippen molar-refractivity contribution in [3.63, 3.8) is 0 Å². The number of fused-ring (bicyclic) bond motifs is 1. The second-order valence-electron chi connectivity index (χ2n) is 6.70. The third kappa shape index (κ3) is 4.70. The first-order valence-corrected chi connectivity index (χ1v) is 10.5. The number of rotatable bonds is 6. The summed E-state index contributed by atoms with van der Waals surface area (Å²) in [6.07, 6.45) is 4.21. The van der Waals surface area contributed by atoms with Gasteiger partial charge in [0, 0.05) is 21.5 Å². The number of aryl methyl sites for hydroxylation is 1. The molecule has 0 aliphatic heterocycles. The van der Waals surface area contributed by atoms with Crippen LogP contribution in [0.25, 0.3) is 0 Å². The summed E-state index contributed by atoms with van der Waals surface area (Å²) in [6, 6.07) is 8.11. The molecule has 0 radical (unpaired) electrons. The zero-order chi connectivity index (χ0) is 19.4. The molecule has 1 aromatic heterocycles. The summed E-state index contributed by atoms with van der Waals surface area (Å²) < 4.78 is 6.37. The molecule has 0 bridgehead atoms. The van der Waals surface area contributed by atoms with Gasteiger partial charge in [0.1, 0.15) is 16.8 Å². The van der Waals surface area contributed by atoms with Crippen LogP contribution in [0.4, 0.5) is 5.00 Å². The number of ether oxygens (including phenoxy) is 1. The number of thiophene rings is 1. The van der Waals surface area contributed by atoms with Gasteiger partial charge in [0.15, 0.2) is 0 Å². The van der Waals surface area contributed by atoms with Crippen LogP contribution in [0.1, 0.15) is 34.4 Å². The number of methoxy groups -OCH3 is 1. The molecule has 0 atom stereocenters. The van der Waals surface area contributed by atoms with E-state index in [-0.39, 0.29) is 12.5 Å². The van der Waals surface area contributed by atoms with Gasteiger partial charge in [-0.05, 0) is 56.5 Å². The molecule has 0 fully saturated rings. The number of hydrogen-bond donors (Lipinski definition) is 1. The van der Waals surface area contributed by atoms with Crippen molar-refractivity contribution in [2.75, 3.05) is 26.0 Å². The molecule has 142 valence electrons. The first kappa shape index (κ1) is 19.9. The Balaban J connectivity index is 1.65. The first-order valence-electron chi connectivity index (χ1n) is 8.87. The third-order valence-corrected chi connectivity index (χ3v) is 6.33. The summed E-state index contributed by atoms with van der Waals surface area (Å²) in [5, 5.41) is 13.2. The summed E-state index contributed by atoms with van der Waals surface area (Å²) in [7, 11) is 3.53. The highest BCUT2D eigenvalue weighted by Crippen LogP contribution is 2.37. The SMILES string of the molecule is COc1ccc(Br)cc1CN(C)CC(=O)Nc1sc2c(c1C#N)CCCC2. The van der Waals surface area contributed by atoms with Crippen molar-refractivity contribution < 1.29 is 9.53 Å². The maximum Gasteiger partial charge on any atom is 0.239 e. The van der Waals surface area contributed by atoms with Gasteiger partial charge < -0.3 is 10.1 Å². The van der Waals surface area contributed by atoms with E-state index in [4.69, 9.17) is 4.74 Å². The second-order valence-corrected chi connectivity index (χ2v) is 8.72. The molecule has 1 N–H and O–H groups in total. The highest BCUT2D eigenvalue weighted by Gasteiger charge is 2.22. The highest BCUT2D eigenvalue weighted by molar-refractivity contribution is 9.10. The van der Waals surface area contributed by atoms with Gasteiger partial charge in [-0.25, -0.2) is 0 Å². The zero-order valence-electron chi connectivity index (χ0n) is 15.5. The molecule has 7 heteroatoms. The van der Waals surface area contributed by atoms with Gasteiger partial charge in [0.25, 0.3) is 0 Å². The van der Waals surface area contributed by atoms with Gasteiger partial charge in [0.2, 0.25) is 5.91 Å². The highest BCUT2D eigenvalue weighted by atomic mass is 79.9. The molecule has 1 heterocycles. The predicted molar refractivity (Wildman–Crippen MR) is 111 cm³/mol. The molecule has 0 saturated carbocycles. The number of carbonyl (C=O) groups excluding carboxylic acids is 1. The molecule has 3 rings (SSSR count). The summed E-state index contributed by atoms with van der Waals surface area (Å²) >= 11 is 5.03. The van der Waals surface area contributed by atoms with E-state index in [1.54, 1.807) is 18.4 Å². The predicted octanol–water partition coefficient (Wildman–Crippen LogP) is 4.34. The number of benzene rings is 1. The Bertz CT molecular complexity index is 888. The van der Waals surface area contributed by atoms with Crippen molar-refractivity contribution in [2.45, 2.75) is 32.2 Å². The Morgan fingerprint density at radius 2 is 2.19 bits per heavy atom. The minimum atomic E-state index is -0.110. The van der Waals surface area contributed by atoms with Crippen LogP contribution < -0.4 is 10.1 Å². The molecular weight excluding hydrogens is 426 g/mol. The lowest BCUT2D eigenvalue weighted by atomic mass is 9.96. The molecule has 1 aliphatic carbocycles. The fourth-order valence-electron chi connectivity index (χ4n) is 3.40. The Morgan fingerprint density at radius 1 is 1.41 bits per heavy atom. The van der Waals surface area contributed by atoms with E-state index in [1.165, 1.54) is 4.88 Å². The van der Waals surface area contributed by atoms with Crippen LogP contribution in [0.2, 0.25) is 0 Å². The Hall–Kier alpha value is -1.88. The number of anilines is 1. The minimum absolute atomic E-state index is 0.110. The minimum Gasteiger partial charge on any atom is -0.496 e. The van der Waals surface area contributed by atoms with Crippen molar-refractivity contribution in [2.24, 2.45) is 0 Å². The molecule has 1 aliphatic rings. The third-order valence-electron chi connectivity index (χ3n) is 4.63. The summed E-state index contributed by atoms with van der Waals surface area (Å²) in [6.45, 7) is 0.825. The largest absolute Gasteiger partial charge is 0.496 e. The van der Waals surface area contributed by atoms with Crippen LogP contribution in [0, 0.1) is 11.3 Å². The lowest BCUT2D eigenvalue weighted by molar-refractivity contribution is -0.117. The summed E-state index contributed by atoms with van der Waals surface area (Å²) in [5.74, 6) is 0.685. The summed E-state index contributed by atoms with van der Waals surface area (Å²) in [4.78, 5) is 15.7. The van der Waals surface area contributed by atoms with Crippen molar-refractivity contribution in [3.8, 4) is 11.8 Å². The van der Waals surface area contributed by atoms with Gasteiger partial charge in [-0.15, -0.1) is 11.3 Å². The molecule has 27 heavy (non-hydrogen) atoms. The first-order chi connectivity index (χ1) is 13.0. The Kier molecular flexibility index (Phi) is 6.53. The number of amides is 1.